The van der Waals surface area contributed by atoms with Crippen LogP contribution in [-0.4, -0.2) is 96.7 Å². The lowest BCUT2D eigenvalue weighted by Gasteiger charge is -2.21. The zero-order chi connectivity index (χ0) is 73.8. The molecule has 0 radical (unpaired) electrons. The summed E-state index contributed by atoms with van der Waals surface area (Å²) in [7, 11) is -9.92. The largest absolute Gasteiger partial charge is 0.472 e. The summed E-state index contributed by atoms with van der Waals surface area (Å²) in [4.78, 5) is 73.0. The summed E-state index contributed by atoms with van der Waals surface area (Å²) in [5, 5.41) is 10.6. The molecule has 0 aromatic rings. The van der Waals surface area contributed by atoms with Gasteiger partial charge in [-0.15, -0.1) is 0 Å². The molecule has 0 aliphatic rings. The summed E-state index contributed by atoms with van der Waals surface area (Å²) < 4.78 is 68.7. The molecular formula is C81H158O17P2. The molecule has 0 fully saturated rings. The Morgan fingerprint density at radius 2 is 0.480 bits per heavy atom. The van der Waals surface area contributed by atoms with Gasteiger partial charge in [-0.05, 0) is 49.4 Å². The van der Waals surface area contributed by atoms with Gasteiger partial charge in [-0.3, -0.25) is 37.3 Å². The van der Waals surface area contributed by atoms with Crippen molar-refractivity contribution < 1.29 is 80.2 Å². The fourth-order valence-electron chi connectivity index (χ4n) is 12.4. The van der Waals surface area contributed by atoms with Crippen LogP contribution in [-0.2, 0) is 65.4 Å². The van der Waals surface area contributed by atoms with Gasteiger partial charge in [0.1, 0.15) is 19.3 Å². The topological polar surface area (TPSA) is 237 Å². The second-order valence-corrected chi connectivity index (χ2v) is 33.7. The SMILES string of the molecule is CCC(C)CCCCCCCCCCCCCCCCCCCCC(=O)O[C@H](COC(=O)CCCCCCCCCCCCCCCC(C)C)COP(=O)(O)OCC(O)COP(=O)(O)OC[C@@H](COC(=O)CCCCCCCCCCC(C)C)OC(=O)CCCCCCCCCCC(C)C. The zero-order valence-electron chi connectivity index (χ0n) is 65.8. The first-order chi connectivity index (χ1) is 48.1. The first-order valence-corrected chi connectivity index (χ1v) is 44.7. The lowest BCUT2D eigenvalue weighted by atomic mass is 9.99. The minimum absolute atomic E-state index is 0.104. The molecule has 0 heterocycles. The molecule has 17 nitrogen and oxygen atoms in total. The number of aliphatic hydroxyl groups excluding tert-OH is 1. The van der Waals surface area contributed by atoms with Crippen LogP contribution in [0.4, 0.5) is 0 Å². The van der Waals surface area contributed by atoms with Gasteiger partial charge >= 0.3 is 39.5 Å². The molecule has 0 aromatic heterocycles. The molecule has 0 bridgehead atoms. The third-order valence-electron chi connectivity index (χ3n) is 19.2. The quantitative estimate of drug-likeness (QED) is 0.0222. The van der Waals surface area contributed by atoms with Crippen LogP contribution in [0.25, 0.3) is 0 Å². The van der Waals surface area contributed by atoms with Gasteiger partial charge in [0.2, 0.25) is 0 Å². The minimum Gasteiger partial charge on any atom is -0.462 e. The van der Waals surface area contributed by atoms with E-state index in [2.05, 4.69) is 55.4 Å². The lowest BCUT2D eigenvalue weighted by Crippen LogP contribution is -2.30. The number of hydrogen-bond acceptors (Lipinski definition) is 15. The Labute approximate surface area is 613 Å². The van der Waals surface area contributed by atoms with E-state index in [1.165, 1.54) is 218 Å². The van der Waals surface area contributed by atoms with Gasteiger partial charge < -0.3 is 33.8 Å². The van der Waals surface area contributed by atoms with E-state index >= 15 is 0 Å². The first kappa shape index (κ1) is 98.1. The molecule has 6 atom stereocenters. The van der Waals surface area contributed by atoms with Crippen molar-refractivity contribution in [2.75, 3.05) is 39.6 Å². The molecule has 0 aliphatic heterocycles. The molecule has 100 heavy (non-hydrogen) atoms. The summed E-state index contributed by atoms with van der Waals surface area (Å²) in [6.45, 7) is 14.2. The first-order valence-electron chi connectivity index (χ1n) is 41.7. The van der Waals surface area contributed by atoms with E-state index < -0.39 is 97.5 Å². The van der Waals surface area contributed by atoms with Gasteiger partial charge in [-0.25, -0.2) is 9.13 Å². The maximum Gasteiger partial charge on any atom is 0.472 e. The Hall–Kier alpha value is -1.94. The van der Waals surface area contributed by atoms with Gasteiger partial charge in [0.15, 0.2) is 12.2 Å². The van der Waals surface area contributed by atoms with Crippen LogP contribution in [0, 0.1) is 23.7 Å². The summed E-state index contributed by atoms with van der Waals surface area (Å²) in [5.74, 6) is 0.990. The number of phosphoric ester groups is 2. The monoisotopic (exact) mass is 1470 g/mol. The molecule has 0 spiro atoms. The second-order valence-electron chi connectivity index (χ2n) is 30.8. The maximum atomic E-state index is 13.1. The number of aliphatic hydroxyl groups is 1. The summed E-state index contributed by atoms with van der Waals surface area (Å²) in [5.41, 5.74) is 0. The third kappa shape index (κ3) is 73.0. The molecule has 0 saturated carbocycles. The highest BCUT2D eigenvalue weighted by molar-refractivity contribution is 7.47. The molecule has 594 valence electrons. The fourth-order valence-corrected chi connectivity index (χ4v) is 14.0. The number of hydrogen-bond donors (Lipinski definition) is 3. The van der Waals surface area contributed by atoms with Crippen molar-refractivity contribution >= 4 is 39.5 Å². The van der Waals surface area contributed by atoms with Crippen LogP contribution >= 0.6 is 15.6 Å². The van der Waals surface area contributed by atoms with E-state index in [9.17, 15) is 43.2 Å². The van der Waals surface area contributed by atoms with Crippen molar-refractivity contribution in [2.45, 2.75) is 433 Å². The molecule has 4 unspecified atom stereocenters. The van der Waals surface area contributed by atoms with E-state index in [-0.39, 0.29) is 25.7 Å². The highest BCUT2D eigenvalue weighted by atomic mass is 31.2. The number of phosphoric acid groups is 2. The van der Waals surface area contributed by atoms with Crippen molar-refractivity contribution in [3.05, 3.63) is 0 Å². The second kappa shape index (κ2) is 70.1. The molecule has 0 saturated heterocycles. The predicted molar refractivity (Wildman–Crippen MR) is 409 cm³/mol. The smallest absolute Gasteiger partial charge is 0.462 e. The standard InChI is InChI=1S/C81H158O17P2/c1-9-74(8)60-52-44-36-26-22-18-14-12-10-11-13-15-19-24-28-39-47-55-63-80(85)97-76(67-91-78(83)61-53-45-37-27-23-20-16-17-21-25-33-41-49-57-71(2)3)69-95-99(87,88)93-65-75(82)66-94-100(89,90)96-70-77(98-81(86)64-56-48-40-32-30-35-43-51-59-73(6)7)68-92-79(84)62-54-46-38-31-29-34-42-50-58-72(4)5/h71-77,82H,9-70H2,1-8H3,(H,87,88)(H,89,90)/t74?,75?,76-,77-/m1/s1. The van der Waals surface area contributed by atoms with Gasteiger partial charge in [0.05, 0.1) is 26.4 Å². The van der Waals surface area contributed by atoms with E-state index in [1.807, 2.05) is 0 Å². The van der Waals surface area contributed by atoms with E-state index in [4.69, 9.17) is 37.0 Å². The Morgan fingerprint density at radius 1 is 0.280 bits per heavy atom. The van der Waals surface area contributed by atoms with Gasteiger partial charge in [-0.2, -0.15) is 0 Å². The molecule has 19 heteroatoms. The molecule has 0 aromatic carbocycles. The van der Waals surface area contributed by atoms with E-state index in [0.29, 0.717) is 25.7 Å². The van der Waals surface area contributed by atoms with Crippen molar-refractivity contribution in [3.8, 4) is 0 Å². The van der Waals surface area contributed by atoms with Crippen LogP contribution < -0.4 is 0 Å². The molecule has 0 amide bonds. The maximum absolute atomic E-state index is 13.1. The number of carbonyl (C=O) groups is 4. The van der Waals surface area contributed by atoms with Crippen molar-refractivity contribution in [2.24, 2.45) is 23.7 Å². The summed E-state index contributed by atoms with van der Waals surface area (Å²) >= 11 is 0. The normalized spacial score (nSPS) is 14.3. The number of esters is 4. The van der Waals surface area contributed by atoms with Crippen LogP contribution in [0.3, 0.4) is 0 Å². The number of carbonyl (C=O) groups excluding carboxylic acids is 4. The van der Waals surface area contributed by atoms with Gasteiger partial charge in [-0.1, -0.05) is 364 Å². The summed E-state index contributed by atoms with van der Waals surface area (Å²) in [6.07, 6.45) is 57.0. The number of ether oxygens (including phenoxy) is 4. The Morgan fingerprint density at radius 3 is 0.710 bits per heavy atom. The average Bonchev–Trinajstić information content (AvgIpc) is 1.04. The van der Waals surface area contributed by atoms with Gasteiger partial charge in [0.25, 0.3) is 0 Å². The Bertz CT molecular complexity index is 1960. The molecule has 0 aliphatic carbocycles. The van der Waals surface area contributed by atoms with E-state index in [0.717, 1.165) is 114 Å². The van der Waals surface area contributed by atoms with Crippen molar-refractivity contribution in [1.29, 1.82) is 0 Å². The molecule has 0 rings (SSSR count). The zero-order valence-corrected chi connectivity index (χ0v) is 67.6. The van der Waals surface area contributed by atoms with Crippen LogP contribution in [0.5, 0.6) is 0 Å². The van der Waals surface area contributed by atoms with E-state index in [1.54, 1.807) is 0 Å². The summed E-state index contributed by atoms with van der Waals surface area (Å²) in [6, 6.07) is 0. The van der Waals surface area contributed by atoms with Crippen molar-refractivity contribution in [1.82, 2.24) is 0 Å². The lowest BCUT2D eigenvalue weighted by molar-refractivity contribution is -0.161. The van der Waals surface area contributed by atoms with Crippen LogP contribution in [0.1, 0.15) is 415 Å². The third-order valence-corrected chi connectivity index (χ3v) is 21.1. The van der Waals surface area contributed by atoms with Crippen molar-refractivity contribution in [3.63, 3.8) is 0 Å². The number of unbranched alkanes of at least 4 members (excludes halogenated alkanes) is 43. The Kier molecular flexibility index (Phi) is 68.7. The highest BCUT2D eigenvalue weighted by Gasteiger charge is 2.30. The fraction of sp³-hybridized carbons (Fsp3) is 0.951. The van der Waals surface area contributed by atoms with Gasteiger partial charge in [0, 0.05) is 25.7 Å². The Balaban J connectivity index is 5.21. The molecular weight excluding hydrogens is 1310 g/mol. The highest BCUT2D eigenvalue weighted by Crippen LogP contribution is 2.45. The molecule has 3 N–H and O–H groups in total. The predicted octanol–water partition coefficient (Wildman–Crippen LogP) is 24.0. The average molecular weight is 1470 g/mol. The minimum atomic E-state index is -4.96. The number of rotatable bonds is 78. The van der Waals surface area contributed by atoms with Crippen LogP contribution in [0.2, 0.25) is 0 Å². The van der Waals surface area contributed by atoms with Crippen LogP contribution in [0.15, 0.2) is 0 Å².